The molecule has 0 fully saturated rings. The van der Waals surface area contributed by atoms with Crippen molar-refractivity contribution >= 4 is 23.9 Å². The number of rotatable bonds is 10. The zero-order valence-electron chi connectivity index (χ0n) is 15.1. The molecule has 4 atom stereocenters. The zero-order valence-corrected chi connectivity index (χ0v) is 15.1. The van der Waals surface area contributed by atoms with Crippen LogP contribution in [0.4, 0.5) is 0 Å². The molecule has 0 saturated heterocycles. The quantitative estimate of drug-likeness (QED) is 0.363. The summed E-state index contributed by atoms with van der Waals surface area (Å²) in [6, 6.07) is 0. The third-order valence-corrected chi connectivity index (χ3v) is 2.93. The minimum absolute atomic E-state index is 0.0899. The number of likely N-dealkylation sites (N-methyl/N-ethyl adjacent to an activating group) is 1. The number of esters is 4. The Morgan fingerprint density at radius 1 is 0.760 bits per heavy atom. The third kappa shape index (κ3) is 9.01. The summed E-state index contributed by atoms with van der Waals surface area (Å²) in [5.41, 5.74) is 5.61. The lowest BCUT2D eigenvalue weighted by atomic mass is 10.0. The van der Waals surface area contributed by atoms with Crippen molar-refractivity contribution in [3.63, 3.8) is 0 Å². The van der Waals surface area contributed by atoms with Crippen LogP contribution in [0.1, 0.15) is 27.7 Å². The molecule has 0 aliphatic carbocycles. The molecule has 144 valence electrons. The third-order valence-electron chi connectivity index (χ3n) is 2.93. The van der Waals surface area contributed by atoms with Gasteiger partial charge in [-0.05, 0) is 7.05 Å². The number of carbonyl (C=O) groups excluding carboxylic acids is 4. The Morgan fingerprint density at radius 2 is 1.12 bits per heavy atom. The Balaban J connectivity index is 5.84. The molecule has 10 heteroatoms. The number of nitrogens with two attached hydrogens (primary N) is 1. The van der Waals surface area contributed by atoms with E-state index < -0.39 is 48.3 Å². The van der Waals surface area contributed by atoms with E-state index >= 15 is 0 Å². The maximum Gasteiger partial charge on any atom is 0.303 e. The molecule has 3 N–H and O–H groups in total. The molecular weight excluding hydrogens is 336 g/mol. The van der Waals surface area contributed by atoms with Gasteiger partial charge < -0.3 is 30.0 Å². The topological polar surface area (TPSA) is 143 Å². The first-order valence-corrected chi connectivity index (χ1v) is 7.65. The van der Waals surface area contributed by atoms with Gasteiger partial charge in [-0.1, -0.05) is 0 Å². The van der Waals surface area contributed by atoms with E-state index in [9.17, 15) is 19.2 Å². The molecule has 0 amide bonds. The average Bonchev–Trinajstić information content (AvgIpc) is 2.47. The van der Waals surface area contributed by atoms with Gasteiger partial charge in [-0.3, -0.25) is 19.2 Å². The molecule has 0 spiro atoms. The van der Waals surface area contributed by atoms with Crippen molar-refractivity contribution in [3.05, 3.63) is 0 Å². The van der Waals surface area contributed by atoms with Gasteiger partial charge in [0.1, 0.15) is 0 Å². The average molecular weight is 362 g/mol. The predicted octanol–water partition coefficient (Wildman–Crippen LogP) is -1.11. The van der Waals surface area contributed by atoms with Crippen LogP contribution in [0.3, 0.4) is 0 Å². The number of nitrogens with one attached hydrogen (secondary N) is 1. The number of ether oxygens (including phenoxy) is 4. The van der Waals surface area contributed by atoms with E-state index in [1.165, 1.54) is 6.92 Å². The highest BCUT2D eigenvalue weighted by Crippen LogP contribution is 2.19. The van der Waals surface area contributed by atoms with Crippen molar-refractivity contribution < 1.29 is 38.1 Å². The smallest absolute Gasteiger partial charge is 0.303 e. The first kappa shape index (κ1) is 22.8. The SMILES string of the molecule is CNC[C@@H](OC(C)=O)[C@@H](OC(C)=O)[C@H](OC(C)=O)[C@@H](CN)OC(C)=O. The van der Waals surface area contributed by atoms with Crippen LogP contribution in [-0.2, 0) is 38.1 Å². The molecule has 0 saturated carbocycles. The van der Waals surface area contributed by atoms with Crippen molar-refractivity contribution in [2.45, 2.75) is 52.1 Å². The number of carbonyl (C=O) groups is 4. The van der Waals surface area contributed by atoms with Crippen LogP contribution in [0.25, 0.3) is 0 Å². The molecular formula is C15H26N2O8. The van der Waals surface area contributed by atoms with Crippen LogP contribution in [-0.4, -0.2) is 68.4 Å². The Kier molecular flexibility index (Phi) is 10.4. The molecule has 0 aromatic carbocycles. The fourth-order valence-corrected chi connectivity index (χ4v) is 2.19. The molecule has 0 aromatic heterocycles. The van der Waals surface area contributed by atoms with Crippen molar-refractivity contribution in [1.29, 1.82) is 0 Å². The second-order valence-electron chi connectivity index (χ2n) is 5.24. The lowest BCUT2D eigenvalue weighted by Crippen LogP contribution is -2.55. The van der Waals surface area contributed by atoms with Crippen molar-refractivity contribution in [2.24, 2.45) is 5.73 Å². The fraction of sp³-hybridized carbons (Fsp3) is 0.733. The van der Waals surface area contributed by atoms with E-state index in [1.807, 2.05) is 0 Å². The minimum Gasteiger partial charge on any atom is -0.457 e. The Morgan fingerprint density at radius 3 is 1.44 bits per heavy atom. The van der Waals surface area contributed by atoms with Crippen molar-refractivity contribution in [2.75, 3.05) is 20.1 Å². The Hall–Kier alpha value is -2.20. The van der Waals surface area contributed by atoms with E-state index in [-0.39, 0.29) is 13.1 Å². The summed E-state index contributed by atoms with van der Waals surface area (Å²) in [5.74, 6) is -2.70. The highest BCUT2D eigenvalue weighted by Gasteiger charge is 2.42. The van der Waals surface area contributed by atoms with E-state index in [0.717, 1.165) is 20.8 Å². The molecule has 0 aliphatic heterocycles. The first-order valence-electron chi connectivity index (χ1n) is 7.65. The highest BCUT2D eigenvalue weighted by atomic mass is 16.6. The Labute approximate surface area is 146 Å². The molecule has 0 bridgehead atoms. The maximum atomic E-state index is 11.5. The van der Waals surface area contributed by atoms with Gasteiger partial charge in [-0.2, -0.15) is 0 Å². The van der Waals surface area contributed by atoms with E-state index in [2.05, 4.69) is 5.32 Å². The summed E-state index contributed by atoms with van der Waals surface area (Å²) >= 11 is 0. The molecule has 0 rings (SSSR count). The standard InChI is InChI=1S/C15H26N2O8/c1-8(18)22-12(6-16)14(24-10(3)20)15(25-11(4)21)13(7-17-5)23-9(2)19/h12-15,17H,6-7,16H2,1-5H3/t12-,13-,14-,15-/m1/s1. The van der Waals surface area contributed by atoms with Crippen LogP contribution in [0.15, 0.2) is 0 Å². The van der Waals surface area contributed by atoms with Gasteiger partial charge in [0.2, 0.25) is 0 Å². The van der Waals surface area contributed by atoms with E-state index in [1.54, 1.807) is 7.05 Å². The summed E-state index contributed by atoms with van der Waals surface area (Å²) in [4.78, 5) is 45.7. The van der Waals surface area contributed by atoms with Gasteiger partial charge in [0, 0.05) is 40.8 Å². The normalized spacial score (nSPS) is 15.3. The predicted molar refractivity (Wildman–Crippen MR) is 85.2 cm³/mol. The lowest BCUT2D eigenvalue weighted by Gasteiger charge is -2.35. The van der Waals surface area contributed by atoms with Crippen molar-refractivity contribution in [1.82, 2.24) is 5.32 Å². The lowest BCUT2D eigenvalue weighted by molar-refractivity contribution is -0.196. The van der Waals surface area contributed by atoms with E-state index in [4.69, 9.17) is 24.7 Å². The number of hydrogen-bond donors (Lipinski definition) is 2. The summed E-state index contributed by atoms with van der Waals surface area (Å²) in [5, 5.41) is 2.78. The van der Waals surface area contributed by atoms with Gasteiger partial charge >= 0.3 is 23.9 Å². The first-order chi connectivity index (χ1) is 11.6. The van der Waals surface area contributed by atoms with Crippen LogP contribution in [0.5, 0.6) is 0 Å². The summed E-state index contributed by atoms with van der Waals surface area (Å²) < 4.78 is 20.6. The highest BCUT2D eigenvalue weighted by molar-refractivity contribution is 5.69. The maximum absolute atomic E-state index is 11.5. The molecule has 0 unspecified atom stereocenters. The van der Waals surface area contributed by atoms with Gasteiger partial charge in [0.15, 0.2) is 24.4 Å². The second kappa shape index (κ2) is 11.4. The molecule has 0 heterocycles. The largest absolute Gasteiger partial charge is 0.457 e. The van der Waals surface area contributed by atoms with Gasteiger partial charge in [-0.15, -0.1) is 0 Å². The van der Waals surface area contributed by atoms with Crippen LogP contribution in [0, 0.1) is 0 Å². The van der Waals surface area contributed by atoms with Crippen LogP contribution >= 0.6 is 0 Å². The monoisotopic (exact) mass is 362 g/mol. The molecule has 10 nitrogen and oxygen atoms in total. The summed E-state index contributed by atoms with van der Waals surface area (Å²) in [7, 11) is 1.59. The fourth-order valence-electron chi connectivity index (χ4n) is 2.19. The Bertz CT molecular complexity index is 482. The number of hydrogen-bond acceptors (Lipinski definition) is 10. The van der Waals surface area contributed by atoms with Gasteiger partial charge in [-0.25, -0.2) is 0 Å². The van der Waals surface area contributed by atoms with Gasteiger partial charge in [0.05, 0.1) is 0 Å². The van der Waals surface area contributed by atoms with Crippen LogP contribution < -0.4 is 11.1 Å². The second-order valence-corrected chi connectivity index (χ2v) is 5.24. The molecule has 0 radical (unpaired) electrons. The van der Waals surface area contributed by atoms with E-state index in [0.29, 0.717) is 0 Å². The van der Waals surface area contributed by atoms with Crippen LogP contribution in [0.2, 0.25) is 0 Å². The summed E-state index contributed by atoms with van der Waals surface area (Å²) in [6.45, 7) is 4.50. The minimum atomic E-state index is -1.26. The zero-order chi connectivity index (χ0) is 19.6. The van der Waals surface area contributed by atoms with Crippen molar-refractivity contribution in [3.8, 4) is 0 Å². The molecule has 0 aliphatic rings. The summed E-state index contributed by atoms with van der Waals surface area (Å²) in [6.07, 6.45) is -4.58. The molecule has 25 heavy (non-hydrogen) atoms. The van der Waals surface area contributed by atoms with Gasteiger partial charge in [0.25, 0.3) is 0 Å². The molecule has 0 aromatic rings.